The van der Waals surface area contributed by atoms with Crippen LogP contribution in [0, 0.1) is 0 Å². The van der Waals surface area contributed by atoms with E-state index >= 15 is 0 Å². The molecule has 4 heteroatoms. The minimum atomic E-state index is 0. The van der Waals surface area contributed by atoms with Crippen LogP contribution in [0.1, 0.15) is 13.8 Å². The van der Waals surface area contributed by atoms with Crippen LogP contribution in [-0.4, -0.2) is 13.1 Å². The summed E-state index contributed by atoms with van der Waals surface area (Å²) >= 11 is 0. The van der Waals surface area contributed by atoms with Crippen LogP contribution in [0.3, 0.4) is 0 Å². The molecule has 0 spiro atoms. The van der Waals surface area contributed by atoms with Crippen molar-refractivity contribution in [2.24, 2.45) is 0 Å². The van der Waals surface area contributed by atoms with Gasteiger partial charge in [0.15, 0.2) is 0 Å². The Morgan fingerprint density at radius 2 is 0.950 bits per heavy atom. The Bertz CT molecular complexity index is 368. The molecule has 0 atom stereocenters. The maximum absolute atomic E-state index is 3.21. The molecule has 0 aliphatic rings. The zero-order valence-electron chi connectivity index (χ0n) is 11.9. The van der Waals surface area contributed by atoms with Crippen LogP contribution in [0.25, 0.3) is 0 Å². The summed E-state index contributed by atoms with van der Waals surface area (Å²) in [5.74, 6) is 0. The Kier molecular flexibility index (Phi) is 15.3. The van der Waals surface area contributed by atoms with Gasteiger partial charge >= 0.3 is 0 Å². The minimum absolute atomic E-state index is 0. The van der Waals surface area contributed by atoms with Crippen molar-refractivity contribution in [2.75, 3.05) is 23.7 Å². The summed E-state index contributed by atoms with van der Waals surface area (Å²) in [5, 5.41) is 6.42. The van der Waals surface area contributed by atoms with E-state index in [0.717, 1.165) is 13.1 Å². The molecular weight excluding hydrogens is 362 g/mol. The fraction of sp³-hybridized carbons (Fsp3) is 0.250. The number of benzene rings is 2. The molecule has 2 aromatic carbocycles. The summed E-state index contributed by atoms with van der Waals surface area (Å²) in [7, 11) is 0. The van der Waals surface area contributed by atoms with Crippen LogP contribution >= 0.6 is 12.4 Å². The molecule has 0 saturated heterocycles. The fourth-order valence-electron chi connectivity index (χ4n) is 1.52. The van der Waals surface area contributed by atoms with Crippen LogP contribution in [0.2, 0.25) is 0 Å². The first-order valence-electron chi connectivity index (χ1n) is 6.44. The van der Waals surface area contributed by atoms with E-state index in [1.165, 1.54) is 11.4 Å². The van der Waals surface area contributed by atoms with Gasteiger partial charge in [0.2, 0.25) is 0 Å². The molecule has 2 N–H and O–H groups in total. The van der Waals surface area contributed by atoms with Gasteiger partial charge in [-0.05, 0) is 38.1 Å². The molecule has 20 heavy (non-hydrogen) atoms. The van der Waals surface area contributed by atoms with E-state index in [-0.39, 0.29) is 32.8 Å². The van der Waals surface area contributed by atoms with E-state index < -0.39 is 0 Å². The Labute approximate surface area is 142 Å². The smallest absolute Gasteiger partial charge is 0.0340 e. The largest absolute Gasteiger partial charge is 0.385 e. The predicted octanol–water partition coefficient (Wildman–Crippen LogP) is 4.66. The average molecular weight is 385 g/mol. The Hall–Kier alpha value is -1.01. The van der Waals surface area contributed by atoms with Gasteiger partial charge in [0.05, 0.1) is 0 Å². The van der Waals surface area contributed by atoms with Gasteiger partial charge in [-0.25, -0.2) is 0 Å². The third-order valence-electron chi connectivity index (χ3n) is 2.31. The van der Waals surface area contributed by atoms with E-state index in [1.54, 1.807) is 0 Å². The Balaban J connectivity index is 0. The standard InChI is InChI=1S/2C8H11N.ClH.Pd/c2*1-2-9-8-6-4-3-5-7-8;;/h2*3-7,9H,2H2,1H3;1H;. The molecule has 0 bridgehead atoms. The van der Waals surface area contributed by atoms with Crippen LogP contribution < -0.4 is 10.6 Å². The molecular formula is C16H23ClN2Pd. The molecule has 2 rings (SSSR count). The number of para-hydroxylation sites is 2. The van der Waals surface area contributed by atoms with Crippen molar-refractivity contribution in [1.82, 2.24) is 0 Å². The van der Waals surface area contributed by atoms with Gasteiger partial charge in [-0.1, -0.05) is 36.4 Å². The number of anilines is 2. The third kappa shape index (κ3) is 9.86. The molecule has 0 saturated carbocycles. The summed E-state index contributed by atoms with van der Waals surface area (Å²) in [6, 6.07) is 20.4. The van der Waals surface area contributed by atoms with Gasteiger partial charge in [-0.2, -0.15) is 0 Å². The monoisotopic (exact) mass is 384 g/mol. The number of halogens is 1. The molecule has 0 unspecified atom stereocenters. The second-order valence-electron chi connectivity index (χ2n) is 3.79. The molecule has 0 aromatic heterocycles. The quantitative estimate of drug-likeness (QED) is 0.749. The topological polar surface area (TPSA) is 24.1 Å². The maximum Gasteiger partial charge on any atom is 0.0340 e. The van der Waals surface area contributed by atoms with Crippen LogP contribution in [0.15, 0.2) is 60.7 Å². The molecule has 0 amide bonds. The summed E-state index contributed by atoms with van der Waals surface area (Å²) < 4.78 is 0. The summed E-state index contributed by atoms with van der Waals surface area (Å²) in [6.45, 7) is 6.16. The molecule has 2 nitrogen and oxygen atoms in total. The van der Waals surface area contributed by atoms with Crippen molar-refractivity contribution < 1.29 is 20.4 Å². The summed E-state index contributed by atoms with van der Waals surface area (Å²) in [4.78, 5) is 0. The van der Waals surface area contributed by atoms with Crippen LogP contribution in [0.5, 0.6) is 0 Å². The first kappa shape index (κ1) is 21.3. The number of nitrogens with one attached hydrogen (secondary N) is 2. The van der Waals surface area contributed by atoms with Crippen molar-refractivity contribution in [1.29, 1.82) is 0 Å². The van der Waals surface area contributed by atoms with E-state index in [9.17, 15) is 0 Å². The molecule has 2 aromatic rings. The molecule has 0 heterocycles. The van der Waals surface area contributed by atoms with Gasteiger partial charge in [0.25, 0.3) is 0 Å². The van der Waals surface area contributed by atoms with Crippen molar-refractivity contribution in [3.63, 3.8) is 0 Å². The van der Waals surface area contributed by atoms with Crippen molar-refractivity contribution in [3.05, 3.63) is 60.7 Å². The number of rotatable bonds is 4. The van der Waals surface area contributed by atoms with E-state index in [2.05, 4.69) is 48.7 Å². The average Bonchev–Trinajstić information content (AvgIpc) is 2.43. The molecule has 0 radical (unpaired) electrons. The first-order chi connectivity index (χ1) is 8.86. The first-order valence-corrected chi connectivity index (χ1v) is 6.44. The molecule has 0 aliphatic heterocycles. The van der Waals surface area contributed by atoms with Gasteiger partial charge in [0, 0.05) is 44.9 Å². The molecule has 0 fully saturated rings. The summed E-state index contributed by atoms with van der Waals surface area (Å²) in [6.07, 6.45) is 0. The molecule has 0 aliphatic carbocycles. The van der Waals surface area contributed by atoms with Gasteiger partial charge in [-0.3, -0.25) is 0 Å². The normalized spacial score (nSPS) is 8.10. The van der Waals surface area contributed by atoms with Crippen molar-refractivity contribution in [2.45, 2.75) is 13.8 Å². The van der Waals surface area contributed by atoms with Crippen LogP contribution in [-0.2, 0) is 20.4 Å². The van der Waals surface area contributed by atoms with Crippen LogP contribution in [0.4, 0.5) is 11.4 Å². The maximum atomic E-state index is 3.21. The fourth-order valence-corrected chi connectivity index (χ4v) is 1.52. The van der Waals surface area contributed by atoms with E-state index in [0.29, 0.717) is 0 Å². The molecule has 114 valence electrons. The summed E-state index contributed by atoms with van der Waals surface area (Å²) in [5.41, 5.74) is 2.39. The zero-order valence-corrected chi connectivity index (χ0v) is 14.3. The minimum Gasteiger partial charge on any atom is -0.385 e. The Morgan fingerprint density at radius 1 is 0.650 bits per heavy atom. The van der Waals surface area contributed by atoms with Gasteiger partial charge in [-0.15, -0.1) is 12.4 Å². The second kappa shape index (κ2) is 14.4. The predicted molar refractivity (Wildman–Crippen MR) is 88.5 cm³/mol. The van der Waals surface area contributed by atoms with Crippen molar-refractivity contribution in [3.8, 4) is 0 Å². The second-order valence-corrected chi connectivity index (χ2v) is 3.79. The SMILES string of the molecule is CCNc1ccccc1.CCNc1ccccc1.Cl.[Pd]. The van der Waals surface area contributed by atoms with Gasteiger partial charge < -0.3 is 10.6 Å². The van der Waals surface area contributed by atoms with Gasteiger partial charge in [0.1, 0.15) is 0 Å². The van der Waals surface area contributed by atoms with E-state index in [4.69, 9.17) is 0 Å². The number of hydrogen-bond acceptors (Lipinski definition) is 2. The number of hydrogen-bond donors (Lipinski definition) is 2. The Morgan fingerprint density at radius 3 is 1.20 bits per heavy atom. The van der Waals surface area contributed by atoms with E-state index in [1.807, 2.05) is 36.4 Å². The third-order valence-corrected chi connectivity index (χ3v) is 2.31. The zero-order chi connectivity index (χ0) is 13.1. The van der Waals surface area contributed by atoms with Crippen molar-refractivity contribution >= 4 is 23.8 Å².